The Morgan fingerprint density at radius 3 is 2.25 bits per heavy atom. The monoisotopic (exact) mass is 339 g/mol. The number of hydrogen-bond donors (Lipinski definition) is 1. The van der Waals surface area contributed by atoms with Gasteiger partial charge in [-0.05, 0) is 43.0 Å². The molecule has 1 aromatic carbocycles. The molecule has 3 rings (SSSR count). The lowest BCUT2D eigenvalue weighted by molar-refractivity contribution is -0.191. The molecule has 1 unspecified atom stereocenters. The van der Waals surface area contributed by atoms with Crippen molar-refractivity contribution >= 4 is 5.91 Å². The SMILES string of the molecule is CN1C=CC(c2ccc(C(=O)N3CCCCC3)cc2)(C(F)(F)F)N1. The second-order valence-electron chi connectivity index (χ2n) is 6.27. The van der Waals surface area contributed by atoms with Crippen molar-refractivity contribution in [3.05, 3.63) is 47.7 Å². The molecule has 4 nitrogen and oxygen atoms in total. The summed E-state index contributed by atoms with van der Waals surface area (Å²) in [6, 6.07) is 5.71. The van der Waals surface area contributed by atoms with Crippen molar-refractivity contribution in [2.24, 2.45) is 0 Å². The quantitative estimate of drug-likeness (QED) is 0.900. The average molecular weight is 339 g/mol. The van der Waals surface area contributed by atoms with Gasteiger partial charge in [-0.15, -0.1) is 0 Å². The molecule has 7 heteroatoms. The van der Waals surface area contributed by atoms with Crippen LogP contribution in [0.25, 0.3) is 0 Å². The third-order valence-corrected chi connectivity index (χ3v) is 4.58. The van der Waals surface area contributed by atoms with Gasteiger partial charge in [0.1, 0.15) is 0 Å². The van der Waals surface area contributed by atoms with E-state index in [4.69, 9.17) is 0 Å². The molecule has 130 valence electrons. The summed E-state index contributed by atoms with van der Waals surface area (Å²) in [6.45, 7) is 1.42. The number of rotatable bonds is 2. The molecular weight excluding hydrogens is 319 g/mol. The van der Waals surface area contributed by atoms with E-state index in [9.17, 15) is 18.0 Å². The zero-order chi connectivity index (χ0) is 17.4. The number of halogens is 3. The first kappa shape index (κ1) is 16.8. The molecule has 1 N–H and O–H groups in total. The van der Waals surface area contributed by atoms with Crippen LogP contribution in [0.15, 0.2) is 36.5 Å². The smallest absolute Gasteiger partial charge is 0.339 e. The van der Waals surface area contributed by atoms with Crippen LogP contribution >= 0.6 is 0 Å². The number of piperidine rings is 1. The molecule has 2 aliphatic heterocycles. The molecule has 2 aliphatic rings. The van der Waals surface area contributed by atoms with Crippen molar-refractivity contribution in [1.29, 1.82) is 0 Å². The maximum absolute atomic E-state index is 13.6. The minimum Gasteiger partial charge on any atom is -0.339 e. The Morgan fingerprint density at radius 2 is 1.75 bits per heavy atom. The van der Waals surface area contributed by atoms with Gasteiger partial charge in [0.2, 0.25) is 0 Å². The van der Waals surface area contributed by atoms with Crippen LogP contribution < -0.4 is 5.43 Å². The Balaban J connectivity index is 1.85. The molecule has 1 atom stereocenters. The highest BCUT2D eigenvalue weighted by Gasteiger charge is 2.56. The summed E-state index contributed by atoms with van der Waals surface area (Å²) in [7, 11) is 1.51. The van der Waals surface area contributed by atoms with E-state index >= 15 is 0 Å². The summed E-state index contributed by atoms with van der Waals surface area (Å²) >= 11 is 0. The van der Waals surface area contributed by atoms with Gasteiger partial charge in [0, 0.05) is 31.9 Å². The lowest BCUT2D eigenvalue weighted by Gasteiger charge is -2.32. The van der Waals surface area contributed by atoms with Crippen LogP contribution in [0.1, 0.15) is 35.2 Å². The summed E-state index contributed by atoms with van der Waals surface area (Å²) < 4.78 is 40.8. The van der Waals surface area contributed by atoms with Crippen LogP contribution in [-0.2, 0) is 5.54 Å². The Kier molecular flexibility index (Phi) is 4.29. The van der Waals surface area contributed by atoms with E-state index < -0.39 is 11.7 Å². The zero-order valence-corrected chi connectivity index (χ0v) is 13.4. The Labute approximate surface area is 138 Å². The van der Waals surface area contributed by atoms with E-state index in [1.54, 1.807) is 4.90 Å². The van der Waals surface area contributed by atoms with E-state index in [2.05, 4.69) is 5.43 Å². The fourth-order valence-electron chi connectivity index (χ4n) is 3.21. The molecule has 0 radical (unpaired) electrons. The number of alkyl halides is 3. The number of nitrogens with zero attached hydrogens (tertiary/aromatic N) is 2. The second-order valence-corrected chi connectivity index (χ2v) is 6.27. The maximum atomic E-state index is 13.6. The van der Waals surface area contributed by atoms with Crippen molar-refractivity contribution < 1.29 is 18.0 Å². The topological polar surface area (TPSA) is 35.6 Å². The zero-order valence-electron chi connectivity index (χ0n) is 13.4. The van der Waals surface area contributed by atoms with E-state index in [-0.39, 0.29) is 11.5 Å². The summed E-state index contributed by atoms with van der Waals surface area (Å²) in [6.07, 6.45) is 1.01. The van der Waals surface area contributed by atoms with Crippen LogP contribution in [0.4, 0.5) is 13.2 Å². The van der Waals surface area contributed by atoms with Crippen LogP contribution in [0.5, 0.6) is 0 Å². The Hall–Kier alpha value is -2.02. The molecule has 24 heavy (non-hydrogen) atoms. The Bertz CT molecular complexity index is 635. The van der Waals surface area contributed by atoms with Crippen molar-refractivity contribution in [3.8, 4) is 0 Å². The van der Waals surface area contributed by atoms with Gasteiger partial charge in [-0.25, -0.2) is 5.43 Å². The number of hydrazine groups is 1. The molecular formula is C17H20F3N3O. The van der Waals surface area contributed by atoms with Gasteiger partial charge >= 0.3 is 6.18 Å². The fraction of sp³-hybridized carbons (Fsp3) is 0.471. The third kappa shape index (κ3) is 2.88. The first-order valence-electron chi connectivity index (χ1n) is 8.00. The maximum Gasteiger partial charge on any atom is 0.416 e. The van der Waals surface area contributed by atoms with E-state index in [0.29, 0.717) is 18.7 Å². The van der Waals surface area contributed by atoms with Gasteiger partial charge < -0.3 is 9.91 Å². The largest absolute Gasteiger partial charge is 0.416 e. The summed E-state index contributed by atoms with van der Waals surface area (Å²) in [5, 5.41) is 1.28. The number of carbonyl (C=O) groups is 1. The van der Waals surface area contributed by atoms with Gasteiger partial charge in [-0.2, -0.15) is 13.2 Å². The highest BCUT2D eigenvalue weighted by atomic mass is 19.4. The molecule has 1 fully saturated rings. The van der Waals surface area contributed by atoms with Gasteiger partial charge in [-0.1, -0.05) is 12.1 Å². The number of hydrogen-bond acceptors (Lipinski definition) is 3. The fourth-order valence-corrected chi connectivity index (χ4v) is 3.21. The first-order valence-corrected chi connectivity index (χ1v) is 8.00. The summed E-state index contributed by atoms with van der Waals surface area (Å²) in [5.74, 6) is -0.116. The third-order valence-electron chi connectivity index (χ3n) is 4.58. The number of carbonyl (C=O) groups excluding carboxylic acids is 1. The van der Waals surface area contributed by atoms with Gasteiger partial charge in [0.05, 0.1) is 0 Å². The van der Waals surface area contributed by atoms with Crippen molar-refractivity contribution in [2.45, 2.75) is 31.0 Å². The van der Waals surface area contributed by atoms with Crippen molar-refractivity contribution in [1.82, 2.24) is 15.3 Å². The molecule has 1 aromatic rings. The predicted molar refractivity (Wildman–Crippen MR) is 84.0 cm³/mol. The van der Waals surface area contributed by atoms with Crippen molar-refractivity contribution in [3.63, 3.8) is 0 Å². The van der Waals surface area contributed by atoms with Crippen molar-refractivity contribution in [2.75, 3.05) is 20.1 Å². The molecule has 0 saturated carbocycles. The molecule has 0 aliphatic carbocycles. The predicted octanol–water partition coefficient (Wildman–Crippen LogP) is 3.03. The average Bonchev–Trinajstić information content (AvgIpc) is 2.98. The summed E-state index contributed by atoms with van der Waals surface area (Å²) in [4.78, 5) is 14.2. The molecule has 2 heterocycles. The molecule has 0 aromatic heterocycles. The molecule has 0 bridgehead atoms. The minimum atomic E-state index is -4.49. The second kappa shape index (κ2) is 6.12. The van der Waals surface area contributed by atoms with E-state index in [0.717, 1.165) is 25.3 Å². The minimum absolute atomic E-state index is 0.0609. The highest BCUT2D eigenvalue weighted by molar-refractivity contribution is 5.94. The van der Waals surface area contributed by atoms with Gasteiger partial charge in [0.15, 0.2) is 5.54 Å². The number of nitrogens with one attached hydrogen (secondary N) is 1. The van der Waals surface area contributed by atoms with Gasteiger partial charge in [-0.3, -0.25) is 4.79 Å². The first-order chi connectivity index (χ1) is 11.3. The molecule has 0 spiro atoms. The van der Waals surface area contributed by atoms with Crippen LogP contribution in [0.2, 0.25) is 0 Å². The van der Waals surface area contributed by atoms with Crippen LogP contribution in [0, 0.1) is 0 Å². The molecule has 1 saturated heterocycles. The van der Waals surface area contributed by atoms with Crippen LogP contribution in [-0.4, -0.2) is 42.1 Å². The summed E-state index contributed by atoms with van der Waals surface area (Å²) in [5.41, 5.74) is 0.667. The lowest BCUT2D eigenvalue weighted by Crippen LogP contribution is -2.53. The number of amides is 1. The van der Waals surface area contributed by atoms with Crippen LogP contribution in [0.3, 0.4) is 0 Å². The standard InChI is InChI=1S/C17H20F3N3O/c1-22-12-9-16(21-22,17(18,19)20)14-7-5-13(6-8-14)15(24)23-10-3-2-4-11-23/h5-9,12,21H,2-4,10-11H2,1H3. The highest BCUT2D eigenvalue weighted by Crippen LogP contribution is 2.42. The molecule has 1 amide bonds. The van der Waals surface area contributed by atoms with E-state index in [1.165, 1.54) is 42.5 Å². The van der Waals surface area contributed by atoms with E-state index in [1.807, 2.05) is 0 Å². The number of likely N-dealkylation sites (tertiary alicyclic amines) is 1. The van der Waals surface area contributed by atoms with Gasteiger partial charge in [0.25, 0.3) is 5.91 Å². The Morgan fingerprint density at radius 1 is 1.12 bits per heavy atom. The normalized spacial score (nSPS) is 24.5. The lowest BCUT2D eigenvalue weighted by atomic mass is 9.89. The number of benzene rings is 1.